The summed E-state index contributed by atoms with van der Waals surface area (Å²) >= 11 is 0. The number of anilines is 1. The van der Waals surface area contributed by atoms with Crippen LogP contribution in [0, 0.1) is 0 Å². The number of fused-ring (bicyclic) bond motifs is 2. The Labute approximate surface area is 190 Å². The molecule has 5 rings (SSSR count). The van der Waals surface area contributed by atoms with Crippen molar-refractivity contribution in [2.45, 2.75) is 12.6 Å². The summed E-state index contributed by atoms with van der Waals surface area (Å²) < 4.78 is 7.31. The van der Waals surface area contributed by atoms with Crippen LogP contribution in [0.25, 0.3) is 10.9 Å². The van der Waals surface area contributed by atoms with Crippen molar-refractivity contribution in [1.29, 1.82) is 0 Å². The van der Waals surface area contributed by atoms with Crippen LogP contribution in [0.5, 0.6) is 5.75 Å². The minimum Gasteiger partial charge on any atom is -0.476 e. The van der Waals surface area contributed by atoms with Crippen LogP contribution in [-0.4, -0.2) is 77.0 Å². The fourth-order valence-corrected chi connectivity index (χ4v) is 4.28. The van der Waals surface area contributed by atoms with Crippen LogP contribution in [0.15, 0.2) is 59.7 Å². The first-order chi connectivity index (χ1) is 16.0. The highest BCUT2D eigenvalue weighted by atomic mass is 16.5. The second-order valence-electron chi connectivity index (χ2n) is 8.40. The van der Waals surface area contributed by atoms with Gasteiger partial charge in [0.1, 0.15) is 12.3 Å². The molecule has 2 aliphatic rings. The zero-order chi connectivity index (χ0) is 22.9. The van der Waals surface area contributed by atoms with Crippen molar-refractivity contribution >= 4 is 28.4 Å². The second-order valence-corrected chi connectivity index (χ2v) is 8.40. The third-order valence-corrected chi connectivity index (χ3v) is 6.20. The first-order valence-electron chi connectivity index (χ1n) is 11.0. The van der Waals surface area contributed by atoms with Gasteiger partial charge in [0.05, 0.1) is 29.5 Å². The number of hydrogen-bond acceptors (Lipinski definition) is 6. The quantitative estimate of drug-likeness (QED) is 0.595. The summed E-state index contributed by atoms with van der Waals surface area (Å²) in [6.07, 6.45) is 0.598. The fraction of sp³-hybridized carbons (Fsp3) is 0.333. The van der Waals surface area contributed by atoms with Gasteiger partial charge >= 0.3 is 0 Å². The molecule has 33 heavy (non-hydrogen) atoms. The summed E-state index contributed by atoms with van der Waals surface area (Å²) in [5.74, 6) is 0.0506. The molecule has 2 aromatic carbocycles. The monoisotopic (exact) mass is 447 g/mol. The van der Waals surface area contributed by atoms with Gasteiger partial charge in [-0.2, -0.15) is 0 Å². The van der Waals surface area contributed by atoms with E-state index in [-0.39, 0.29) is 30.5 Å². The van der Waals surface area contributed by atoms with E-state index in [1.165, 1.54) is 10.9 Å². The maximum absolute atomic E-state index is 13.4. The molecule has 9 nitrogen and oxygen atoms in total. The number of nitrogens with zero attached hydrogens (tertiary/aromatic N) is 5. The lowest BCUT2D eigenvalue weighted by atomic mass is 10.1. The number of rotatable bonds is 3. The van der Waals surface area contributed by atoms with Gasteiger partial charge in [-0.1, -0.05) is 24.3 Å². The van der Waals surface area contributed by atoms with E-state index in [0.29, 0.717) is 35.4 Å². The number of hydrogen-bond donors (Lipinski definition) is 0. The van der Waals surface area contributed by atoms with Crippen LogP contribution in [0.4, 0.5) is 5.69 Å². The molecule has 0 N–H and O–H groups in total. The molecule has 0 radical (unpaired) electrons. The molecule has 0 bridgehead atoms. The van der Waals surface area contributed by atoms with Crippen LogP contribution >= 0.6 is 0 Å². The van der Waals surface area contributed by atoms with Gasteiger partial charge in [0.15, 0.2) is 6.10 Å². The Kier molecular flexibility index (Phi) is 5.55. The van der Waals surface area contributed by atoms with Crippen LogP contribution < -0.4 is 15.2 Å². The average molecular weight is 447 g/mol. The largest absolute Gasteiger partial charge is 0.476 e. The average Bonchev–Trinajstić information content (AvgIpc) is 2.85. The number of benzene rings is 2. The molecule has 0 spiro atoms. The molecule has 2 amide bonds. The summed E-state index contributed by atoms with van der Waals surface area (Å²) in [6, 6.07) is 14.2. The zero-order valence-corrected chi connectivity index (χ0v) is 18.4. The number of carbonyl (C=O) groups excluding carboxylic acids is 2. The number of amides is 2. The van der Waals surface area contributed by atoms with Crippen molar-refractivity contribution in [3.63, 3.8) is 0 Å². The molecule has 170 valence electrons. The molecular weight excluding hydrogens is 422 g/mol. The predicted octanol–water partition coefficient (Wildman–Crippen LogP) is 0.965. The molecule has 1 aromatic heterocycles. The first kappa shape index (κ1) is 21.1. The molecule has 1 fully saturated rings. The normalized spacial score (nSPS) is 18.6. The van der Waals surface area contributed by atoms with Gasteiger partial charge in [-0.05, 0) is 31.3 Å². The molecule has 0 saturated carbocycles. The maximum atomic E-state index is 13.4. The summed E-state index contributed by atoms with van der Waals surface area (Å²) in [6.45, 7) is 2.77. The van der Waals surface area contributed by atoms with E-state index >= 15 is 0 Å². The molecule has 1 saturated heterocycles. The molecule has 3 aromatic rings. The Morgan fingerprint density at radius 3 is 2.58 bits per heavy atom. The molecular formula is C24H25N5O4. The van der Waals surface area contributed by atoms with Gasteiger partial charge in [-0.15, -0.1) is 0 Å². The third kappa shape index (κ3) is 4.07. The van der Waals surface area contributed by atoms with Gasteiger partial charge in [0, 0.05) is 26.2 Å². The van der Waals surface area contributed by atoms with Crippen molar-refractivity contribution in [3.05, 3.63) is 65.2 Å². The van der Waals surface area contributed by atoms with E-state index in [1.807, 2.05) is 25.2 Å². The smallest absolute Gasteiger partial charge is 0.265 e. The Morgan fingerprint density at radius 1 is 1.03 bits per heavy atom. The Hall–Kier alpha value is -3.72. The van der Waals surface area contributed by atoms with Crippen LogP contribution in [-0.2, 0) is 16.1 Å². The number of likely N-dealkylation sites (N-methyl/N-ethyl adjacent to an activating group) is 1. The fourth-order valence-electron chi connectivity index (χ4n) is 4.28. The van der Waals surface area contributed by atoms with E-state index in [9.17, 15) is 14.4 Å². The number of carbonyl (C=O) groups is 2. The SMILES string of the molecule is CN1CCN(C(=O)C2CN(C(=O)Cn3cnc4ccccc4c3=O)c3ccccc3O2)CC1. The van der Waals surface area contributed by atoms with Crippen molar-refractivity contribution in [2.24, 2.45) is 0 Å². The number of aromatic nitrogens is 2. The van der Waals surface area contributed by atoms with E-state index in [0.717, 1.165) is 13.1 Å². The highest BCUT2D eigenvalue weighted by Crippen LogP contribution is 2.33. The Balaban J connectivity index is 1.40. The standard InChI is InChI=1S/C24H25N5O4/c1-26-10-12-27(13-11-26)24(32)21-14-29(19-8-4-5-9-20(19)33-21)22(30)15-28-16-25-18-7-3-2-6-17(18)23(28)31/h2-9,16,21H,10-15H2,1H3. The molecule has 9 heteroatoms. The molecule has 1 atom stereocenters. The third-order valence-electron chi connectivity index (χ3n) is 6.20. The number of piperazine rings is 1. The van der Waals surface area contributed by atoms with Gasteiger partial charge < -0.3 is 19.4 Å². The van der Waals surface area contributed by atoms with E-state index < -0.39 is 6.10 Å². The Morgan fingerprint density at radius 2 is 1.76 bits per heavy atom. The summed E-state index contributed by atoms with van der Waals surface area (Å²) in [7, 11) is 2.03. The lowest BCUT2D eigenvalue weighted by molar-refractivity contribution is -0.140. The zero-order valence-electron chi connectivity index (χ0n) is 18.4. The second kappa shape index (κ2) is 8.67. The van der Waals surface area contributed by atoms with Crippen LogP contribution in [0.2, 0.25) is 0 Å². The maximum Gasteiger partial charge on any atom is 0.265 e. The minimum atomic E-state index is -0.793. The van der Waals surface area contributed by atoms with Crippen LogP contribution in [0.1, 0.15) is 0 Å². The topological polar surface area (TPSA) is 88.0 Å². The van der Waals surface area contributed by atoms with E-state index in [4.69, 9.17) is 4.74 Å². The van der Waals surface area contributed by atoms with Gasteiger partial charge in [-0.3, -0.25) is 19.0 Å². The van der Waals surface area contributed by atoms with Gasteiger partial charge in [0.25, 0.3) is 11.5 Å². The molecule has 1 unspecified atom stereocenters. The van der Waals surface area contributed by atoms with Crippen molar-refractivity contribution in [1.82, 2.24) is 19.4 Å². The van der Waals surface area contributed by atoms with E-state index in [2.05, 4.69) is 9.88 Å². The highest BCUT2D eigenvalue weighted by Gasteiger charge is 2.36. The van der Waals surface area contributed by atoms with Gasteiger partial charge in [-0.25, -0.2) is 4.98 Å². The molecule has 3 heterocycles. The van der Waals surface area contributed by atoms with E-state index in [1.54, 1.807) is 40.1 Å². The Bertz CT molecular complexity index is 1260. The molecule has 2 aliphatic heterocycles. The summed E-state index contributed by atoms with van der Waals surface area (Å²) in [4.78, 5) is 49.2. The highest BCUT2D eigenvalue weighted by molar-refractivity contribution is 5.97. The summed E-state index contributed by atoms with van der Waals surface area (Å²) in [5, 5.41) is 0.457. The van der Waals surface area contributed by atoms with Gasteiger partial charge in [0.2, 0.25) is 5.91 Å². The molecule has 0 aliphatic carbocycles. The minimum absolute atomic E-state index is 0.0940. The summed E-state index contributed by atoms with van der Waals surface area (Å²) in [5.41, 5.74) is 0.896. The predicted molar refractivity (Wildman–Crippen MR) is 123 cm³/mol. The lowest BCUT2D eigenvalue weighted by Crippen LogP contribution is -2.56. The van der Waals surface area contributed by atoms with Crippen molar-refractivity contribution in [3.8, 4) is 5.75 Å². The van der Waals surface area contributed by atoms with Crippen molar-refractivity contribution < 1.29 is 14.3 Å². The number of ether oxygens (including phenoxy) is 1. The first-order valence-corrected chi connectivity index (χ1v) is 11.0. The number of para-hydroxylation sites is 3. The lowest BCUT2D eigenvalue weighted by Gasteiger charge is -2.38. The van der Waals surface area contributed by atoms with Crippen LogP contribution in [0.3, 0.4) is 0 Å². The van der Waals surface area contributed by atoms with Crippen molar-refractivity contribution in [2.75, 3.05) is 44.7 Å².